The van der Waals surface area contributed by atoms with Crippen molar-refractivity contribution >= 4 is 11.5 Å². The second-order valence-electron chi connectivity index (χ2n) is 4.35. The fourth-order valence-corrected chi connectivity index (χ4v) is 1.68. The van der Waals surface area contributed by atoms with Crippen LogP contribution in [0, 0.1) is 27.4 Å². The predicted octanol–water partition coefficient (Wildman–Crippen LogP) is 2.37. The van der Waals surface area contributed by atoms with Crippen LogP contribution >= 0.6 is 0 Å². The summed E-state index contributed by atoms with van der Waals surface area (Å²) in [5.74, 6) is 0.678. The normalized spacial score (nSPS) is 10.1. The van der Waals surface area contributed by atoms with E-state index in [9.17, 15) is 10.1 Å². The summed E-state index contributed by atoms with van der Waals surface area (Å²) in [5.41, 5.74) is -0.0175. The molecule has 0 aliphatic rings. The third kappa shape index (κ3) is 3.70. The van der Waals surface area contributed by atoms with E-state index in [1.807, 2.05) is 13.8 Å². The maximum atomic E-state index is 11.0. The van der Waals surface area contributed by atoms with E-state index in [0.29, 0.717) is 31.2 Å². The second kappa shape index (κ2) is 6.55. The fraction of sp³-hybridized carbons (Fsp3) is 0.500. The average molecular weight is 248 g/mol. The molecule has 0 N–H and O–H groups in total. The van der Waals surface area contributed by atoms with Gasteiger partial charge in [-0.1, -0.05) is 13.8 Å². The van der Waals surface area contributed by atoms with Gasteiger partial charge in [0.1, 0.15) is 0 Å². The first kappa shape index (κ1) is 13.9. The van der Waals surface area contributed by atoms with Gasteiger partial charge in [-0.25, -0.2) is 4.98 Å². The standard InChI is InChI=1S/C12H16N4O2/c1-10(2)9-15(8-4-6-13)12-11(16(17)18)5-3-7-14-12/h3,5,7,10H,4,8-9H2,1-2H3. The van der Waals surface area contributed by atoms with E-state index in [1.165, 1.54) is 12.3 Å². The maximum absolute atomic E-state index is 11.0. The topological polar surface area (TPSA) is 83.1 Å². The molecule has 0 amide bonds. The highest BCUT2D eigenvalue weighted by Gasteiger charge is 2.20. The van der Waals surface area contributed by atoms with Crippen LogP contribution in [0.15, 0.2) is 18.3 Å². The number of nitro groups is 1. The molecule has 96 valence electrons. The minimum atomic E-state index is -0.442. The lowest BCUT2D eigenvalue weighted by Crippen LogP contribution is -2.30. The van der Waals surface area contributed by atoms with E-state index in [-0.39, 0.29) is 5.69 Å². The minimum Gasteiger partial charge on any atom is -0.350 e. The molecule has 0 bridgehead atoms. The lowest BCUT2D eigenvalue weighted by atomic mass is 10.2. The Bertz CT molecular complexity index is 454. The van der Waals surface area contributed by atoms with E-state index in [2.05, 4.69) is 11.1 Å². The molecule has 0 aliphatic carbocycles. The van der Waals surface area contributed by atoms with Crippen molar-refractivity contribution in [3.63, 3.8) is 0 Å². The molecule has 1 rings (SSSR count). The van der Waals surface area contributed by atoms with E-state index >= 15 is 0 Å². The number of nitrogens with zero attached hydrogens (tertiary/aromatic N) is 4. The van der Waals surface area contributed by atoms with Gasteiger partial charge in [0.2, 0.25) is 5.82 Å². The zero-order chi connectivity index (χ0) is 13.5. The van der Waals surface area contributed by atoms with E-state index in [1.54, 1.807) is 11.0 Å². The lowest BCUT2D eigenvalue weighted by Gasteiger charge is -2.24. The molecular formula is C12H16N4O2. The Morgan fingerprint density at radius 1 is 1.61 bits per heavy atom. The maximum Gasteiger partial charge on any atom is 0.311 e. The van der Waals surface area contributed by atoms with Crippen molar-refractivity contribution in [3.8, 4) is 6.07 Å². The van der Waals surface area contributed by atoms with Crippen molar-refractivity contribution in [1.82, 2.24) is 4.98 Å². The number of hydrogen-bond donors (Lipinski definition) is 0. The first-order valence-electron chi connectivity index (χ1n) is 5.77. The van der Waals surface area contributed by atoms with Crippen molar-refractivity contribution in [2.24, 2.45) is 5.92 Å². The molecule has 18 heavy (non-hydrogen) atoms. The van der Waals surface area contributed by atoms with Gasteiger partial charge in [0.05, 0.1) is 17.4 Å². The van der Waals surface area contributed by atoms with Crippen molar-refractivity contribution in [3.05, 3.63) is 28.4 Å². The molecule has 1 aromatic rings. The molecule has 1 heterocycles. The predicted molar refractivity (Wildman–Crippen MR) is 68.2 cm³/mol. The van der Waals surface area contributed by atoms with Gasteiger partial charge < -0.3 is 4.90 Å². The zero-order valence-electron chi connectivity index (χ0n) is 10.5. The van der Waals surface area contributed by atoms with Crippen molar-refractivity contribution < 1.29 is 4.92 Å². The number of rotatable bonds is 6. The summed E-state index contributed by atoms with van der Waals surface area (Å²) in [4.78, 5) is 16.4. The Balaban J connectivity index is 3.04. The molecule has 0 spiro atoms. The number of nitriles is 1. The van der Waals surface area contributed by atoms with Gasteiger partial charge in [-0.3, -0.25) is 10.1 Å². The largest absolute Gasteiger partial charge is 0.350 e. The molecular weight excluding hydrogens is 232 g/mol. The first-order chi connectivity index (χ1) is 8.56. The Morgan fingerprint density at radius 2 is 2.33 bits per heavy atom. The van der Waals surface area contributed by atoms with Crippen LogP contribution < -0.4 is 4.90 Å². The molecule has 0 radical (unpaired) electrons. The van der Waals surface area contributed by atoms with Crippen LogP contribution in [0.3, 0.4) is 0 Å². The second-order valence-corrected chi connectivity index (χ2v) is 4.35. The molecule has 0 aromatic carbocycles. The van der Waals surface area contributed by atoms with Gasteiger partial charge >= 0.3 is 5.69 Å². The average Bonchev–Trinajstić information content (AvgIpc) is 2.34. The van der Waals surface area contributed by atoms with Crippen molar-refractivity contribution in [2.75, 3.05) is 18.0 Å². The molecule has 0 atom stereocenters. The number of pyridine rings is 1. The van der Waals surface area contributed by atoms with Gasteiger partial charge in [-0.15, -0.1) is 0 Å². The van der Waals surface area contributed by atoms with Gasteiger partial charge in [0.15, 0.2) is 0 Å². The van der Waals surface area contributed by atoms with Crippen LogP contribution in [-0.4, -0.2) is 23.0 Å². The summed E-state index contributed by atoms with van der Waals surface area (Å²) >= 11 is 0. The smallest absolute Gasteiger partial charge is 0.311 e. The molecule has 0 fully saturated rings. The Hall–Kier alpha value is -2.16. The van der Waals surface area contributed by atoms with Gasteiger partial charge in [0.25, 0.3) is 0 Å². The highest BCUT2D eigenvalue weighted by Crippen LogP contribution is 2.25. The highest BCUT2D eigenvalue weighted by atomic mass is 16.6. The third-order valence-corrected chi connectivity index (χ3v) is 2.34. The van der Waals surface area contributed by atoms with Crippen molar-refractivity contribution in [2.45, 2.75) is 20.3 Å². The number of aromatic nitrogens is 1. The summed E-state index contributed by atoms with van der Waals surface area (Å²) in [6.45, 7) is 5.13. The molecule has 0 saturated heterocycles. The summed E-state index contributed by atoms with van der Waals surface area (Å²) in [7, 11) is 0. The van der Waals surface area contributed by atoms with Crippen LogP contribution in [0.1, 0.15) is 20.3 Å². The monoisotopic (exact) mass is 248 g/mol. The van der Waals surface area contributed by atoms with Gasteiger partial charge in [0, 0.05) is 25.4 Å². The summed E-state index contributed by atoms with van der Waals surface area (Å²) in [5, 5.41) is 19.6. The number of anilines is 1. The third-order valence-electron chi connectivity index (χ3n) is 2.34. The Kier molecular flexibility index (Phi) is 5.06. The summed E-state index contributed by atoms with van der Waals surface area (Å²) < 4.78 is 0. The van der Waals surface area contributed by atoms with Crippen LogP contribution in [0.5, 0.6) is 0 Å². The number of hydrogen-bond acceptors (Lipinski definition) is 5. The zero-order valence-corrected chi connectivity index (χ0v) is 10.5. The van der Waals surface area contributed by atoms with E-state index < -0.39 is 4.92 Å². The summed E-state index contributed by atoms with van der Waals surface area (Å²) in [6, 6.07) is 5.02. The van der Waals surface area contributed by atoms with E-state index in [4.69, 9.17) is 5.26 Å². The Morgan fingerprint density at radius 3 is 2.89 bits per heavy atom. The van der Waals surface area contributed by atoms with E-state index in [0.717, 1.165) is 0 Å². The van der Waals surface area contributed by atoms with Gasteiger partial charge in [-0.2, -0.15) is 5.26 Å². The van der Waals surface area contributed by atoms with Gasteiger partial charge in [-0.05, 0) is 12.0 Å². The quantitative estimate of drug-likeness (QED) is 0.570. The summed E-state index contributed by atoms with van der Waals surface area (Å²) in [6.07, 6.45) is 1.85. The molecule has 1 aromatic heterocycles. The molecule has 0 aliphatic heterocycles. The fourth-order valence-electron chi connectivity index (χ4n) is 1.68. The molecule has 6 heteroatoms. The van der Waals surface area contributed by atoms with Crippen LogP contribution in [0.4, 0.5) is 11.5 Å². The van der Waals surface area contributed by atoms with Crippen LogP contribution in [-0.2, 0) is 0 Å². The van der Waals surface area contributed by atoms with Crippen LogP contribution in [0.2, 0.25) is 0 Å². The SMILES string of the molecule is CC(C)CN(CCC#N)c1ncccc1[N+](=O)[O-]. The first-order valence-corrected chi connectivity index (χ1v) is 5.77. The molecule has 0 unspecified atom stereocenters. The highest BCUT2D eigenvalue weighted by molar-refractivity contribution is 5.57. The molecule has 6 nitrogen and oxygen atoms in total. The molecule has 0 saturated carbocycles. The van der Waals surface area contributed by atoms with Crippen LogP contribution in [0.25, 0.3) is 0 Å². The van der Waals surface area contributed by atoms with Crippen molar-refractivity contribution in [1.29, 1.82) is 5.26 Å². The lowest BCUT2D eigenvalue weighted by molar-refractivity contribution is -0.384. The Labute approximate surface area is 106 Å². The minimum absolute atomic E-state index is 0.0175.